The molecular weight excluding hydrogens is 164 g/mol. The number of hydrogen-bond acceptors (Lipinski definition) is 4. The van der Waals surface area contributed by atoms with Crippen molar-refractivity contribution in [1.82, 2.24) is 10.2 Å². The van der Waals surface area contributed by atoms with Gasteiger partial charge in [-0.2, -0.15) is 5.10 Å². The van der Waals surface area contributed by atoms with E-state index in [0.29, 0.717) is 0 Å². The third-order valence-corrected chi connectivity index (χ3v) is 1.23. The molecule has 0 spiro atoms. The van der Waals surface area contributed by atoms with Gasteiger partial charge in [-0.05, 0) is 0 Å². The van der Waals surface area contributed by atoms with E-state index >= 15 is 0 Å². The maximum absolute atomic E-state index is 11.1. The molecule has 6 heteroatoms. The molecule has 0 amide bonds. The van der Waals surface area contributed by atoms with Gasteiger partial charge in [0.25, 0.3) is 5.43 Å². The monoisotopic (exact) mass is 170 g/mol. The zero-order valence-electron chi connectivity index (χ0n) is 6.20. The second kappa shape index (κ2) is 3.04. The molecule has 1 heterocycles. The van der Waals surface area contributed by atoms with Crippen LogP contribution in [-0.4, -0.2) is 28.4 Å². The third-order valence-electron chi connectivity index (χ3n) is 1.23. The van der Waals surface area contributed by atoms with Gasteiger partial charge in [-0.3, -0.25) is 9.89 Å². The van der Waals surface area contributed by atoms with E-state index in [2.05, 4.69) is 14.9 Å². The zero-order valence-corrected chi connectivity index (χ0v) is 6.20. The fourth-order valence-electron chi connectivity index (χ4n) is 0.685. The van der Waals surface area contributed by atoms with E-state index in [9.17, 15) is 9.59 Å². The summed E-state index contributed by atoms with van der Waals surface area (Å²) in [7, 11) is 1.27. The summed E-state index contributed by atoms with van der Waals surface area (Å²) in [6.07, 6.45) is 1.19. The van der Waals surface area contributed by atoms with Crippen molar-refractivity contribution < 1.29 is 14.6 Å². The molecule has 12 heavy (non-hydrogen) atoms. The highest BCUT2D eigenvalue weighted by Gasteiger charge is 2.13. The summed E-state index contributed by atoms with van der Waals surface area (Å²) in [4.78, 5) is 21.4. The average Bonchev–Trinajstić information content (AvgIpc) is 2.04. The molecule has 1 aromatic rings. The molecule has 0 atom stereocenters. The molecule has 0 fully saturated rings. The molecule has 0 unspecified atom stereocenters. The Labute approximate surface area is 66.8 Å². The number of hydrogen-bond donors (Lipinski definition) is 2. The van der Waals surface area contributed by atoms with E-state index in [1.807, 2.05) is 0 Å². The molecule has 0 aliphatic rings. The lowest BCUT2D eigenvalue weighted by molar-refractivity contribution is 0.0687. The molecule has 1 rings (SSSR count). The highest BCUT2D eigenvalue weighted by molar-refractivity contribution is 5.85. The first kappa shape index (κ1) is 8.25. The van der Waals surface area contributed by atoms with Gasteiger partial charge in [-0.25, -0.2) is 4.79 Å². The number of H-pyrrole nitrogens is 1. The van der Waals surface area contributed by atoms with Gasteiger partial charge in [0, 0.05) is 0 Å². The van der Waals surface area contributed by atoms with Crippen LogP contribution < -0.4 is 10.2 Å². The quantitative estimate of drug-likeness (QED) is 0.622. The number of nitrogens with one attached hydrogen (secondary N) is 1. The fourth-order valence-corrected chi connectivity index (χ4v) is 0.685. The minimum Gasteiger partial charge on any atom is -0.491 e. The Morgan fingerprint density at radius 3 is 2.92 bits per heavy atom. The first-order valence-corrected chi connectivity index (χ1v) is 3.02. The van der Waals surface area contributed by atoms with E-state index < -0.39 is 17.1 Å². The van der Waals surface area contributed by atoms with Gasteiger partial charge in [0.2, 0.25) is 5.69 Å². The molecule has 64 valence electrons. The van der Waals surface area contributed by atoms with Crippen molar-refractivity contribution in [3.05, 3.63) is 22.1 Å². The number of carboxylic acids is 1. The summed E-state index contributed by atoms with van der Waals surface area (Å²) >= 11 is 0. The second-order valence-corrected chi connectivity index (χ2v) is 1.94. The van der Waals surface area contributed by atoms with Gasteiger partial charge in [-0.15, -0.1) is 0 Å². The number of methoxy groups -OCH3 is 1. The number of rotatable bonds is 2. The van der Waals surface area contributed by atoms with E-state index in [4.69, 9.17) is 5.11 Å². The summed E-state index contributed by atoms with van der Waals surface area (Å²) < 4.78 is 4.59. The maximum Gasteiger partial charge on any atom is 0.360 e. The summed E-state index contributed by atoms with van der Waals surface area (Å²) in [5.41, 5.74) is -1.31. The Bertz CT molecular complexity index is 357. The lowest BCUT2D eigenvalue weighted by atomic mass is 10.3. The summed E-state index contributed by atoms with van der Waals surface area (Å²) in [6.45, 7) is 0. The van der Waals surface area contributed by atoms with Crippen LogP contribution in [0.5, 0.6) is 5.75 Å². The van der Waals surface area contributed by atoms with Gasteiger partial charge in [0.05, 0.1) is 13.3 Å². The second-order valence-electron chi connectivity index (χ2n) is 1.94. The van der Waals surface area contributed by atoms with Crippen LogP contribution in [-0.2, 0) is 0 Å². The Hall–Kier alpha value is -1.85. The predicted molar refractivity (Wildman–Crippen MR) is 38.4 cm³/mol. The first-order chi connectivity index (χ1) is 5.66. The van der Waals surface area contributed by atoms with Crippen LogP contribution in [0.3, 0.4) is 0 Å². The highest BCUT2D eigenvalue weighted by Crippen LogP contribution is 1.98. The van der Waals surface area contributed by atoms with Gasteiger partial charge < -0.3 is 9.84 Å². The minimum atomic E-state index is -1.38. The molecule has 0 aromatic carbocycles. The molecule has 6 nitrogen and oxygen atoms in total. The summed E-state index contributed by atoms with van der Waals surface area (Å²) in [5, 5.41) is 14.0. The van der Waals surface area contributed by atoms with Crippen molar-refractivity contribution in [2.75, 3.05) is 7.11 Å². The fraction of sp³-hybridized carbons (Fsp3) is 0.167. The maximum atomic E-state index is 11.1. The molecule has 0 saturated heterocycles. The number of aromatic nitrogens is 2. The van der Waals surface area contributed by atoms with Crippen LogP contribution in [0.4, 0.5) is 0 Å². The number of aromatic amines is 1. The predicted octanol–water partition coefficient (Wildman–Crippen LogP) is -0.523. The number of nitrogens with zero attached hydrogens (tertiary/aromatic N) is 1. The number of aromatic carboxylic acids is 1. The Balaban J connectivity index is 3.33. The Kier molecular flexibility index (Phi) is 2.09. The Morgan fingerprint density at radius 2 is 2.42 bits per heavy atom. The molecular formula is C6H6N2O4. The van der Waals surface area contributed by atoms with Crippen molar-refractivity contribution in [3.63, 3.8) is 0 Å². The lowest BCUT2D eigenvalue weighted by Crippen LogP contribution is -2.19. The number of carboxylic acid groups (broad SMARTS) is 1. The van der Waals surface area contributed by atoms with Gasteiger partial charge in [0.1, 0.15) is 0 Å². The molecule has 0 aliphatic carbocycles. The van der Waals surface area contributed by atoms with Gasteiger partial charge in [0.15, 0.2) is 5.75 Å². The largest absolute Gasteiger partial charge is 0.491 e. The summed E-state index contributed by atoms with van der Waals surface area (Å²) in [5.74, 6) is -1.45. The summed E-state index contributed by atoms with van der Waals surface area (Å²) in [6, 6.07) is 0. The average molecular weight is 170 g/mol. The van der Waals surface area contributed by atoms with E-state index in [0.717, 1.165) is 0 Å². The van der Waals surface area contributed by atoms with Crippen molar-refractivity contribution >= 4 is 5.97 Å². The first-order valence-electron chi connectivity index (χ1n) is 3.02. The van der Waals surface area contributed by atoms with E-state index in [1.54, 1.807) is 0 Å². The highest BCUT2D eigenvalue weighted by atomic mass is 16.5. The molecule has 0 aliphatic heterocycles. The van der Waals surface area contributed by atoms with Crippen LogP contribution in [0.25, 0.3) is 0 Å². The van der Waals surface area contributed by atoms with Crippen LogP contribution in [0.2, 0.25) is 0 Å². The standard InChI is InChI=1S/C6H6N2O4/c1-12-3-2-7-8-4(5(3)9)6(10)11/h2H,1H3,(H,7,9)(H,10,11). The topological polar surface area (TPSA) is 92.3 Å². The SMILES string of the molecule is COc1c[nH]nc(C(=O)O)c1=O. The van der Waals surface area contributed by atoms with Crippen LogP contribution >= 0.6 is 0 Å². The normalized spacial score (nSPS) is 9.42. The van der Waals surface area contributed by atoms with Crippen LogP contribution in [0, 0.1) is 0 Å². The van der Waals surface area contributed by atoms with Gasteiger partial charge in [-0.1, -0.05) is 0 Å². The molecule has 0 saturated carbocycles. The van der Waals surface area contributed by atoms with Crippen molar-refractivity contribution in [2.24, 2.45) is 0 Å². The van der Waals surface area contributed by atoms with E-state index in [1.165, 1.54) is 13.3 Å². The molecule has 0 bridgehead atoms. The Morgan fingerprint density at radius 1 is 1.75 bits per heavy atom. The zero-order chi connectivity index (χ0) is 9.14. The van der Waals surface area contributed by atoms with Crippen LogP contribution in [0.15, 0.2) is 11.0 Å². The van der Waals surface area contributed by atoms with E-state index in [-0.39, 0.29) is 5.75 Å². The van der Waals surface area contributed by atoms with Crippen molar-refractivity contribution in [2.45, 2.75) is 0 Å². The van der Waals surface area contributed by atoms with Crippen LogP contribution in [0.1, 0.15) is 10.5 Å². The number of carbonyl (C=O) groups is 1. The molecule has 0 radical (unpaired) electrons. The third kappa shape index (κ3) is 1.26. The lowest BCUT2D eigenvalue weighted by Gasteiger charge is -1.97. The molecule has 2 N–H and O–H groups in total. The van der Waals surface area contributed by atoms with Crippen molar-refractivity contribution in [3.8, 4) is 5.75 Å². The number of ether oxygens (including phenoxy) is 1. The van der Waals surface area contributed by atoms with Gasteiger partial charge >= 0.3 is 5.97 Å². The minimum absolute atomic E-state index is 0.0672. The molecule has 1 aromatic heterocycles. The van der Waals surface area contributed by atoms with Crippen molar-refractivity contribution in [1.29, 1.82) is 0 Å². The smallest absolute Gasteiger partial charge is 0.360 e.